The van der Waals surface area contributed by atoms with E-state index in [0.717, 1.165) is 6.54 Å². The van der Waals surface area contributed by atoms with E-state index in [-0.39, 0.29) is 17.4 Å². The molecule has 1 amide bonds. The number of nitrogens with two attached hydrogens (primary N) is 1. The molecule has 0 radical (unpaired) electrons. The van der Waals surface area contributed by atoms with Crippen molar-refractivity contribution >= 4 is 5.91 Å². The molecule has 19 heavy (non-hydrogen) atoms. The third kappa shape index (κ3) is 2.79. The van der Waals surface area contributed by atoms with Gasteiger partial charge in [-0.25, -0.2) is 0 Å². The first kappa shape index (κ1) is 16.4. The van der Waals surface area contributed by atoms with E-state index in [2.05, 4.69) is 13.8 Å². The highest BCUT2D eigenvalue weighted by Gasteiger charge is 2.63. The van der Waals surface area contributed by atoms with Crippen molar-refractivity contribution in [2.75, 3.05) is 19.7 Å². The maximum absolute atomic E-state index is 12.7. The van der Waals surface area contributed by atoms with E-state index in [0.29, 0.717) is 25.5 Å². The van der Waals surface area contributed by atoms with Crippen molar-refractivity contribution in [1.82, 2.24) is 4.90 Å². The quantitative estimate of drug-likeness (QED) is 0.803. The summed E-state index contributed by atoms with van der Waals surface area (Å²) < 4.78 is 5.68. The van der Waals surface area contributed by atoms with E-state index in [4.69, 9.17) is 10.5 Å². The molecular formula is C15H30N2O2. The summed E-state index contributed by atoms with van der Waals surface area (Å²) >= 11 is 0. The van der Waals surface area contributed by atoms with Crippen LogP contribution in [-0.4, -0.2) is 42.1 Å². The molecule has 0 aliphatic heterocycles. The molecule has 0 aromatic carbocycles. The molecule has 112 valence electrons. The predicted octanol–water partition coefficient (Wildman–Crippen LogP) is 2.02. The van der Waals surface area contributed by atoms with Gasteiger partial charge < -0.3 is 15.4 Å². The van der Waals surface area contributed by atoms with Gasteiger partial charge in [0.1, 0.15) is 5.54 Å². The highest BCUT2D eigenvalue weighted by atomic mass is 16.5. The summed E-state index contributed by atoms with van der Waals surface area (Å²) in [5.74, 6) is 0.531. The summed E-state index contributed by atoms with van der Waals surface area (Å²) in [6.07, 6.45) is 0.713. The molecule has 1 fully saturated rings. The van der Waals surface area contributed by atoms with Crippen molar-refractivity contribution < 1.29 is 9.53 Å². The predicted molar refractivity (Wildman–Crippen MR) is 77.8 cm³/mol. The maximum atomic E-state index is 12.7. The van der Waals surface area contributed by atoms with E-state index in [1.165, 1.54) is 0 Å². The lowest BCUT2D eigenvalue weighted by Gasteiger charge is -2.58. The standard InChI is InChI=1S/C15H30N2O2/c1-7-17(10-11(3)4)13(18)15(16)9-12(19-8-2)14(15,5)6/h11-12H,7-10,16H2,1-6H3. The van der Waals surface area contributed by atoms with Gasteiger partial charge in [-0.15, -0.1) is 0 Å². The van der Waals surface area contributed by atoms with E-state index in [9.17, 15) is 4.79 Å². The first-order valence-corrected chi connectivity index (χ1v) is 7.40. The van der Waals surface area contributed by atoms with Crippen LogP contribution < -0.4 is 5.73 Å². The monoisotopic (exact) mass is 270 g/mol. The smallest absolute Gasteiger partial charge is 0.243 e. The molecule has 0 saturated heterocycles. The van der Waals surface area contributed by atoms with Crippen LogP contribution >= 0.6 is 0 Å². The Labute approximate surface area is 117 Å². The van der Waals surface area contributed by atoms with Crippen molar-refractivity contribution in [1.29, 1.82) is 0 Å². The summed E-state index contributed by atoms with van der Waals surface area (Å²) in [5, 5.41) is 0. The Bertz CT molecular complexity index is 328. The van der Waals surface area contributed by atoms with Gasteiger partial charge in [-0.05, 0) is 19.8 Å². The van der Waals surface area contributed by atoms with Gasteiger partial charge in [0.25, 0.3) is 0 Å². The normalized spacial score (nSPS) is 29.2. The molecule has 1 aliphatic carbocycles. The second-order valence-electron chi connectivity index (χ2n) is 6.58. The lowest BCUT2D eigenvalue weighted by Crippen LogP contribution is -2.76. The van der Waals surface area contributed by atoms with Crippen molar-refractivity contribution in [3.63, 3.8) is 0 Å². The molecule has 0 heterocycles. The van der Waals surface area contributed by atoms with Gasteiger partial charge in [0.15, 0.2) is 0 Å². The van der Waals surface area contributed by atoms with Crippen LogP contribution in [0.25, 0.3) is 0 Å². The maximum Gasteiger partial charge on any atom is 0.243 e. The van der Waals surface area contributed by atoms with Crippen molar-refractivity contribution in [3.05, 3.63) is 0 Å². The molecule has 1 saturated carbocycles. The summed E-state index contributed by atoms with van der Waals surface area (Å²) in [6.45, 7) is 14.5. The van der Waals surface area contributed by atoms with Gasteiger partial charge in [-0.3, -0.25) is 4.79 Å². The van der Waals surface area contributed by atoms with Gasteiger partial charge in [-0.1, -0.05) is 27.7 Å². The number of carbonyl (C=O) groups is 1. The van der Waals surface area contributed by atoms with Gasteiger partial charge in [0.2, 0.25) is 5.91 Å². The van der Waals surface area contributed by atoms with Crippen LogP contribution in [-0.2, 0) is 9.53 Å². The molecule has 0 spiro atoms. The van der Waals surface area contributed by atoms with E-state index < -0.39 is 5.54 Å². The molecule has 2 N–H and O–H groups in total. The number of likely N-dealkylation sites (N-methyl/N-ethyl adjacent to an activating group) is 1. The van der Waals surface area contributed by atoms with Gasteiger partial charge in [0, 0.05) is 31.5 Å². The number of rotatable bonds is 6. The van der Waals surface area contributed by atoms with Crippen molar-refractivity contribution in [3.8, 4) is 0 Å². The highest BCUT2D eigenvalue weighted by molar-refractivity contribution is 5.88. The summed E-state index contributed by atoms with van der Waals surface area (Å²) in [5.41, 5.74) is 5.34. The first-order valence-electron chi connectivity index (χ1n) is 7.40. The van der Waals surface area contributed by atoms with Gasteiger partial charge in [0.05, 0.1) is 6.10 Å². The SMILES string of the molecule is CCOC1CC(N)(C(=O)N(CC)CC(C)C)C1(C)C. The average molecular weight is 270 g/mol. The Balaban J connectivity index is 2.81. The zero-order valence-electron chi connectivity index (χ0n) is 13.3. The van der Waals surface area contributed by atoms with Gasteiger partial charge in [-0.2, -0.15) is 0 Å². The zero-order chi connectivity index (χ0) is 14.8. The van der Waals surface area contributed by atoms with E-state index in [1.54, 1.807) is 0 Å². The van der Waals surface area contributed by atoms with Crippen LogP contribution in [0.1, 0.15) is 48.0 Å². The summed E-state index contributed by atoms with van der Waals surface area (Å²) in [4.78, 5) is 14.6. The van der Waals surface area contributed by atoms with Crippen LogP contribution in [0.5, 0.6) is 0 Å². The molecular weight excluding hydrogens is 240 g/mol. The molecule has 0 bridgehead atoms. The van der Waals surface area contributed by atoms with Crippen LogP contribution in [0.2, 0.25) is 0 Å². The largest absolute Gasteiger partial charge is 0.378 e. The summed E-state index contributed by atoms with van der Waals surface area (Å²) in [6, 6.07) is 0. The molecule has 2 unspecified atom stereocenters. The number of ether oxygens (including phenoxy) is 1. The molecule has 2 atom stereocenters. The fourth-order valence-corrected chi connectivity index (χ4v) is 2.88. The van der Waals surface area contributed by atoms with Crippen molar-refractivity contribution in [2.45, 2.75) is 59.6 Å². The van der Waals surface area contributed by atoms with E-state index in [1.807, 2.05) is 32.6 Å². The topological polar surface area (TPSA) is 55.6 Å². The Morgan fingerprint density at radius 1 is 1.42 bits per heavy atom. The molecule has 1 rings (SSSR count). The Hall–Kier alpha value is -0.610. The minimum Gasteiger partial charge on any atom is -0.378 e. The molecule has 1 aliphatic rings. The third-order valence-corrected chi connectivity index (χ3v) is 4.47. The Morgan fingerprint density at radius 2 is 2.00 bits per heavy atom. The fourth-order valence-electron chi connectivity index (χ4n) is 2.88. The lowest BCUT2D eigenvalue weighted by atomic mass is 9.54. The fraction of sp³-hybridized carbons (Fsp3) is 0.933. The average Bonchev–Trinajstić information content (AvgIpc) is 2.34. The second kappa shape index (κ2) is 5.80. The minimum atomic E-state index is -0.780. The molecule has 0 aromatic rings. The third-order valence-electron chi connectivity index (χ3n) is 4.47. The van der Waals surface area contributed by atoms with Crippen LogP contribution in [0.4, 0.5) is 0 Å². The highest BCUT2D eigenvalue weighted by Crippen LogP contribution is 2.50. The van der Waals surface area contributed by atoms with Gasteiger partial charge >= 0.3 is 0 Å². The number of amides is 1. The van der Waals surface area contributed by atoms with Crippen LogP contribution in [0.3, 0.4) is 0 Å². The second-order valence-corrected chi connectivity index (χ2v) is 6.58. The zero-order valence-corrected chi connectivity index (χ0v) is 13.3. The summed E-state index contributed by atoms with van der Waals surface area (Å²) in [7, 11) is 0. The first-order chi connectivity index (χ1) is 8.70. The molecule has 4 heteroatoms. The molecule has 0 aromatic heterocycles. The molecule has 4 nitrogen and oxygen atoms in total. The number of carbonyl (C=O) groups excluding carboxylic acids is 1. The van der Waals surface area contributed by atoms with Crippen LogP contribution in [0.15, 0.2) is 0 Å². The minimum absolute atomic E-state index is 0.0738. The number of hydrogen-bond acceptors (Lipinski definition) is 3. The lowest BCUT2D eigenvalue weighted by molar-refractivity contribution is -0.179. The number of hydrogen-bond donors (Lipinski definition) is 1. The number of nitrogens with zero attached hydrogens (tertiary/aromatic N) is 1. The van der Waals surface area contributed by atoms with Crippen molar-refractivity contribution in [2.24, 2.45) is 17.1 Å². The van der Waals surface area contributed by atoms with E-state index >= 15 is 0 Å². The Morgan fingerprint density at radius 3 is 2.37 bits per heavy atom. The Kier molecular flexibility index (Phi) is 5.02. The van der Waals surface area contributed by atoms with Crippen LogP contribution in [0, 0.1) is 11.3 Å².